The van der Waals surface area contributed by atoms with Gasteiger partial charge in [0.25, 0.3) is 0 Å². The molecule has 2 aromatic rings. The van der Waals surface area contributed by atoms with E-state index in [0.717, 1.165) is 55.7 Å². The summed E-state index contributed by atoms with van der Waals surface area (Å²) in [6, 6.07) is 8.11. The molecular formula is C31H37F2N3O4. The van der Waals surface area contributed by atoms with Gasteiger partial charge in [0.15, 0.2) is 5.60 Å². The fraction of sp³-hybridized carbons (Fsp3) is 0.548. The normalized spacial score (nSPS) is 21.5. The molecule has 6 rings (SSSR count). The van der Waals surface area contributed by atoms with Gasteiger partial charge in [-0.15, -0.1) is 0 Å². The van der Waals surface area contributed by atoms with Crippen LogP contribution in [-0.4, -0.2) is 67.1 Å². The number of benzene rings is 2. The number of hydrogen-bond acceptors (Lipinski definition) is 7. The Labute approximate surface area is 234 Å². The molecule has 1 saturated carbocycles. The molecule has 0 bridgehead atoms. The first-order valence-corrected chi connectivity index (χ1v) is 14.3. The Morgan fingerprint density at radius 3 is 2.48 bits per heavy atom. The lowest BCUT2D eigenvalue weighted by Gasteiger charge is -2.46. The predicted octanol–water partition coefficient (Wildman–Crippen LogP) is 5.47. The molecule has 1 aliphatic carbocycles. The van der Waals surface area contributed by atoms with E-state index in [1.165, 1.54) is 12.1 Å². The molecule has 0 unspecified atom stereocenters. The molecule has 3 heterocycles. The Bertz CT molecular complexity index is 1310. The summed E-state index contributed by atoms with van der Waals surface area (Å²) in [5.41, 5.74) is 1.98. The Morgan fingerprint density at radius 1 is 1.15 bits per heavy atom. The highest BCUT2D eigenvalue weighted by atomic mass is 19.1. The highest BCUT2D eigenvalue weighted by Crippen LogP contribution is 2.49. The van der Waals surface area contributed by atoms with Crippen molar-refractivity contribution in [2.75, 3.05) is 39.9 Å². The maximum Gasteiger partial charge on any atom is 0.311 e. The van der Waals surface area contributed by atoms with Crippen molar-refractivity contribution >= 4 is 11.8 Å². The van der Waals surface area contributed by atoms with Gasteiger partial charge >= 0.3 is 5.97 Å². The number of esters is 1. The topological polar surface area (TPSA) is 63.6 Å². The number of amidine groups is 1. The van der Waals surface area contributed by atoms with Gasteiger partial charge in [-0.1, -0.05) is 17.3 Å². The van der Waals surface area contributed by atoms with E-state index in [-0.39, 0.29) is 23.5 Å². The van der Waals surface area contributed by atoms with Crippen LogP contribution in [0.3, 0.4) is 0 Å². The first-order chi connectivity index (χ1) is 19.2. The van der Waals surface area contributed by atoms with Gasteiger partial charge in [-0.3, -0.25) is 9.69 Å². The number of hydrogen-bond donors (Lipinski definition) is 0. The summed E-state index contributed by atoms with van der Waals surface area (Å²) < 4.78 is 40.6. The molecule has 0 N–H and O–H groups in total. The van der Waals surface area contributed by atoms with Gasteiger partial charge in [-0.25, -0.2) is 8.78 Å². The quantitative estimate of drug-likeness (QED) is 0.424. The summed E-state index contributed by atoms with van der Waals surface area (Å²) in [6.07, 6.45) is 4.05. The van der Waals surface area contributed by atoms with Gasteiger partial charge in [0.1, 0.15) is 23.2 Å². The van der Waals surface area contributed by atoms with Crippen molar-refractivity contribution in [3.8, 4) is 16.9 Å². The second-order valence-corrected chi connectivity index (χ2v) is 12.0. The lowest BCUT2D eigenvalue weighted by atomic mass is 9.80. The zero-order valence-corrected chi connectivity index (χ0v) is 23.5. The van der Waals surface area contributed by atoms with Crippen LogP contribution in [0.4, 0.5) is 8.78 Å². The number of methoxy groups -OCH3 is 1. The summed E-state index contributed by atoms with van der Waals surface area (Å²) in [4.78, 5) is 22.7. The highest BCUT2D eigenvalue weighted by molar-refractivity contribution is 5.85. The van der Waals surface area contributed by atoms with Crippen molar-refractivity contribution in [2.45, 2.75) is 64.0 Å². The zero-order valence-electron chi connectivity index (χ0n) is 23.5. The third-order valence-corrected chi connectivity index (χ3v) is 8.96. The molecule has 0 radical (unpaired) electrons. The molecule has 2 saturated heterocycles. The second-order valence-electron chi connectivity index (χ2n) is 12.0. The molecule has 3 aliphatic heterocycles. The average Bonchev–Trinajstić information content (AvgIpc) is 3.67. The van der Waals surface area contributed by atoms with Crippen molar-refractivity contribution in [2.24, 2.45) is 10.6 Å². The standard InChI is InChI=1S/C31H37F2N3O4/c1-4-39-29(37)30(2)11-13-36(14-12-30)26-16-31(40-34-26)18-35(19-31)17-24-25(38-3)15-23(20-7-9-22(32)10-8-20)27(28(24)33)21-5-6-21/h7-10,15,21H,4-6,11-14,16-19H2,1-3H3. The van der Waals surface area contributed by atoms with Crippen LogP contribution in [0.1, 0.15) is 63.0 Å². The Balaban J connectivity index is 1.11. The maximum absolute atomic E-state index is 16.1. The summed E-state index contributed by atoms with van der Waals surface area (Å²) in [5.74, 6) is 0.951. The fourth-order valence-electron chi connectivity index (χ4n) is 6.37. The second kappa shape index (κ2) is 10.3. The van der Waals surface area contributed by atoms with Crippen molar-refractivity contribution in [1.29, 1.82) is 0 Å². The molecular weight excluding hydrogens is 516 g/mol. The molecule has 40 heavy (non-hydrogen) atoms. The molecule has 0 amide bonds. The number of nitrogens with zero attached hydrogens (tertiary/aromatic N) is 3. The van der Waals surface area contributed by atoms with E-state index >= 15 is 4.39 Å². The number of likely N-dealkylation sites (tertiary alicyclic amines) is 2. The van der Waals surface area contributed by atoms with Crippen LogP contribution in [0.15, 0.2) is 35.5 Å². The summed E-state index contributed by atoms with van der Waals surface area (Å²) in [5, 5.41) is 4.43. The Hall–Kier alpha value is -3.20. The van der Waals surface area contributed by atoms with E-state index in [9.17, 15) is 9.18 Å². The summed E-state index contributed by atoms with van der Waals surface area (Å²) >= 11 is 0. The van der Waals surface area contributed by atoms with Crippen molar-refractivity contribution in [1.82, 2.24) is 9.80 Å². The Kier molecular flexibility index (Phi) is 6.97. The highest BCUT2D eigenvalue weighted by Gasteiger charge is 2.52. The number of halogens is 2. The third-order valence-electron chi connectivity index (χ3n) is 8.96. The smallest absolute Gasteiger partial charge is 0.311 e. The minimum atomic E-state index is -0.452. The van der Waals surface area contributed by atoms with Crippen LogP contribution < -0.4 is 4.74 Å². The van der Waals surface area contributed by atoms with E-state index in [1.807, 2.05) is 19.9 Å². The van der Waals surface area contributed by atoms with Crippen molar-refractivity contribution < 1.29 is 27.9 Å². The van der Waals surface area contributed by atoms with Gasteiger partial charge in [0.05, 0.1) is 25.6 Å². The minimum absolute atomic E-state index is 0.122. The number of ether oxygens (including phenoxy) is 2. The van der Waals surface area contributed by atoms with E-state index in [1.54, 1.807) is 19.2 Å². The zero-order chi connectivity index (χ0) is 28.1. The fourth-order valence-corrected chi connectivity index (χ4v) is 6.37. The first kappa shape index (κ1) is 27.0. The molecule has 7 nitrogen and oxygen atoms in total. The number of carbonyl (C=O) groups is 1. The molecule has 1 spiro atoms. The van der Waals surface area contributed by atoms with Gasteiger partial charge in [0, 0.05) is 38.3 Å². The molecule has 0 aromatic heterocycles. The number of carbonyl (C=O) groups excluding carboxylic acids is 1. The van der Waals surface area contributed by atoms with E-state index in [4.69, 9.17) is 14.3 Å². The van der Waals surface area contributed by atoms with Crippen LogP contribution in [0, 0.1) is 17.0 Å². The van der Waals surface area contributed by atoms with Gasteiger partial charge in [-0.05, 0) is 80.3 Å². The average molecular weight is 554 g/mol. The molecule has 4 aliphatic rings. The van der Waals surface area contributed by atoms with E-state index in [0.29, 0.717) is 49.5 Å². The van der Waals surface area contributed by atoms with Crippen molar-refractivity contribution in [3.05, 3.63) is 53.1 Å². The molecule has 214 valence electrons. The SMILES string of the molecule is CCOC(=O)C1(C)CCN(C2=NOC3(C2)CN(Cc2c(OC)cc(-c4ccc(F)cc4)c(C4CC4)c2F)C3)CC1. The summed E-state index contributed by atoms with van der Waals surface area (Å²) in [6.45, 7) is 7.41. The number of rotatable bonds is 7. The van der Waals surface area contributed by atoms with Crippen LogP contribution in [-0.2, 0) is 20.9 Å². The van der Waals surface area contributed by atoms with E-state index < -0.39 is 11.0 Å². The largest absolute Gasteiger partial charge is 0.496 e. The number of piperidine rings is 1. The van der Waals surface area contributed by atoms with Crippen LogP contribution >= 0.6 is 0 Å². The van der Waals surface area contributed by atoms with Crippen LogP contribution in [0.2, 0.25) is 0 Å². The lowest BCUT2D eigenvalue weighted by molar-refractivity contribution is -0.156. The van der Waals surface area contributed by atoms with E-state index in [2.05, 4.69) is 15.0 Å². The molecule has 0 atom stereocenters. The van der Waals surface area contributed by atoms with Gasteiger partial charge in [-0.2, -0.15) is 0 Å². The third kappa shape index (κ3) is 4.93. The molecule has 2 aromatic carbocycles. The van der Waals surface area contributed by atoms with Gasteiger partial charge < -0.3 is 19.2 Å². The molecule has 3 fully saturated rings. The van der Waals surface area contributed by atoms with Crippen molar-refractivity contribution in [3.63, 3.8) is 0 Å². The minimum Gasteiger partial charge on any atom is -0.496 e. The van der Waals surface area contributed by atoms with Crippen LogP contribution in [0.25, 0.3) is 11.1 Å². The summed E-state index contributed by atoms with van der Waals surface area (Å²) in [7, 11) is 1.56. The molecule has 9 heteroatoms. The lowest BCUT2D eigenvalue weighted by Crippen LogP contribution is -2.61. The van der Waals surface area contributed by atoms with Gasteiger partial charge in [0.2, 0.25) is 0 Å². The van der Waals surface area contributed by atoms with Crippen LogP contribution in [0.5, 0.6) is 5.75 Å². The maximum atomic E-state index is 16.1. The predicted molar refractivity (Wildman–Crippen MR) is 147 cm³/mol. The first-order valence-electron chi connectivity index (χ1n) is 14.3. The number of oxime groups is 1. The monoisotopic (exact) mass is 553 g/mol. The Morgan fingerprint density at radius 2 is 1.85 bits per heavy atom.